The fraction of sp³-hybridized carbons (Fsp3) is 0.167. The van der Waals surface area contributed by atoms with Crippen molar-refractivity contribution in [1.82, 2.24) is 9.55 Å². The predicted molar refractivity (Wildman–Crippen MR) is 95.5 cm³/mol. The van der Waals surface area contributed by atoms with Crippen molar-refractivity contribution in [2.75, 3.05) is 11.9 Å². The SMILES string of the molecule is Cc1ccc(NC(=O)COC(=O)Cn2cnc3ccccc32)cc1Cl. The average molecular weight is 358 g/mol. The molecular weight excluding hydrogens is 342 g/mol. The van der Waals surface area contributed by atoms with E-state index in [1.807, 2.05) is 31.2 Å². The second kappa shape index (κ2) is 7.36. The number of para-hydroxylation sites is 2. The predicted octanol–water partition coefficient (Wildman–Crippen LogP) is 3.18. The first-order valence-corrected chi connectivity index (χ1v) is 8.02. The van der Waals surface area contributed by atoms with Gasteiger partial charge in [0.2, 0.25) is 0 Å². The Labute approximate surface area is 149 Å². The van der Waals surface area contributed by atoms with Gasteiger partial charge in [-0.05, 0) is 36.8 Å². The smallest absolute Gasteiger partial charge is 0.326 e. The number of fused-ring (bicyclic) bond motifs is 1. The number of amides is 1. The van der Waals surface area contributed by atoms with Gasteiger partial charge in [0.05, 0.1) is 17.4 Å². The summed E-state index contributed by atoms with van der Waals surface area (Å²) >= 11 is 6.01. The maximum atomic E-state index is 11.9. The summed E-state index contributed by atoms with van der Waals surface area (Å²) in [6.07, 6.45) is 1.57. The van der Waals surface area contributed by atoms with Gasteiger partial charge in [0, 0.05) is 10.7 Å². The molecule has 0 saturated heterocycles. The summed E-state index contributed by atoms with van der Waals surface area (Å²) in [4.78, 5) is 28.0. The molecule has 0 aliphatic carbocycles. The minimum Gasteiger partial charge on any atom is -0.454 e. The third-order valence-electron chi connectivity index (χ3n) is 3.65. The lowest BCUT2D eigenvalue weighted by atomic mass is 10.2. The number of benzene rings is 2. The van der Waals surface area contributed by atoms with Gasteiger partial charge in [-0.15, -0.1) is 0 Å². The largest absolute Gasteiger partial charge is 0.454 e. The molecular formula is C18H16ClN3O3. The number of carbonyl (C=O) groups is 2. The van der Waals surface area contributed by atoms with Gasteiger partial charge >= 0.3 is 5.97 Å². The van der Waals surface area contributed by atoms with Crippen LogP contribution in [0.25, 0.3) is 11.0 Å². The Kier molecular flexibility index (Phi) is 5.00. The maximum Gasteiger partial charge on any atom is 0.326 e. The van der Waals surface area contributed by atoms with Gasteiger partial charge in [-0.3, -0.25) is 9.59 Å². The van der Waals surface area contributed by atoms with Gasteiger partial charge in [-0.1, -0.05) is 29.8 Å². The molecule has 0 aliphatic heterocycles. The van der Waals surface area contributed by atoms with E-state index in [1.54, 1.807) is 29.1 Å². The quantitative estimate of drug-likeness (QED) is 0.712. The molecule has 7 heteroatoms. The Hall–Kier alpha value is -2.86. The molecule has 0 fully saturated rings. The molecule has 0 aliphatic rings. The average Bonchev–Trinajstić information content (AvgIpc) is 2.99. The zero-order valence-corrected chi connectivity index (χ0v) is 14.3. The normalized spacial score (nSPS) is 10.6. The van der Waals surface area contributed by atoms with Crippen LogP contribution in [0, 0.1) is 6.92 Å². The second-order valence-electron chi connectivity index (χ2n) is 5.53. The highest BCUT2D eigenvalue weighted by Crippen LogP contribution is 2.19. The number of aromatic nitrogens is 2. The van der Waals surface area contributed by atoms with E-state index in [0.717, 1.165) is 16.6 Å². The van der Waals surface area contributed by atoms with Gasteiger partial charge in [-0.25, -0.2) is 4.98 Å². The Morgan fingerprint density at radius 1 is 1.24 bits per heavy atom. The first-order valence-electron chi connectivity index (χ1n) is 7.64. The molecule has 6 nitrogen and oxygen atoms in total. The second-order valence-corrected chi connectivity index (χ2v) is 5.94. The molecule has 1 heterocycles. The van der Waals surface area contributed by atoms with E-state index in [0.29, 0.717) is 10.7 Å². The summed E-state index contributed by atoms with van der Waals surface area (Å²) < 4.78 is 6.70. The third kappa shape index (κ3) is 4.16. The third-order valence-corrected chi connectivity index (χ3v) is 4.05. The van der Waals surface area contributed by atoms with Crippen LogP contribution in [0.1, 0.15) is 5.56 Å². The first-order chi connectivity index (χ1) is 12.0. The van der Waals surface area contributed by atoms with Crippen molar-refractivity contribution in [3.63, 3.8) is 0 Å². The minimum absolute atomic E-state index is 0.00977. The number of hydrogen-bond acceptors (Lipinski definition) is 4. The molecule has 0 bridgehead atoms. The monoisotopic (exact) mass is 357 g/mol. The van der Waals surface area contributed by atoms with Gasteiger partial charge < -0.3 is 14.6 Å². The number of esters is 1. The standard InChI is InChI=1S/C18H16ClN3O3/c1-12-6-7-13(8-14(12)19)21-17(23)10-25-18(24)9-22-11-20-15-4-2-3-5-16(15)22/h2-8,11H,9-10H2,1H3,(H,21,23). The summed E-state index contributed by atoms with van der Waals surface area (Å²) in [5.74, 6) is -0.941. The lowest BCUT2D eigenvalue weighted by molar-refractivity contribution is -0.147. The zero-order valence-electron chi connectivity index (χ0n) is 13.5. The lowest BCUT2D eigenvalue weighted by Gasteiger charge is -2.08. The molecule has 3 aromatic rings. The lowest BCUT2D eigenvalue weighted by Crippen LogP contribution is -2.22. The summed E-state index contributed by atoms with van der Waals surface area (Å²) in [5.41, 5.74) is 3.10. The van der Waals surface area contributed by atoms with E-state index in [4.69, 9.17) is 16.3 Å². The van der Waals surface area contributed by atoms with E-state index in [2.05, 4.69) is 10.3 Å². The van der Waals surface area contributed by atoms with Gasteiger partial charge in [-0.2, -0.15) is 0 Å². The Morgan fingerprint density at radius 2 is 2.04 bits per heavy atom. The number of aryl methyl sites for hydroxylation is 1. The molecule has 0 unspecified atom stereocenters. The summed E-state index contributed by atoms with van der Waals surface area (Å²) in [6.45, 7) is 1.50. The topological polar surface area (TPSA) is 73.2 Å². The molecule has 1 N–H and O–H groups in total. The number of imidazole rings is 1. The number of ether oxygens (including phenoxy) is 1. The summed E-state index contributed by atoms with van der Waals surface area (Å²) in [7, 11) is 0. The molecule has 25 heavy (non-hydrogen) atoms. The van der Waals surface area contributed by atoms with Crippen molar-refractivity contribution in [2.24, 2.45) is 0 Å². The van der Waals surface area contributed by atoms with Crippen LogP contribution in [-0.2, 0) is 20.9 Å². The molecule has 1 aromatic heterocycles. The van der Waals surface area contributed by atoms with Crippen LogP contribution < -0.4 is 5.32 Å². The van der Waals surface area contributed by atoms with Gasteiger partial charge in [0.1, 0.15) is 6.54 Å². The highest BCUT2D eigenvalue weighted by molar-refractivity contribution is 6.31. The van der Waals surface area contributed by atoms with E-state index in [9.17, 15) is 9.59 Å². The fourth-order valence-corrected chi connectivity index (χ4v) is 2.52. The highest BCUT2D eigenvalue weighted by atomic mass is 35.5. The van der Waals surface area contributed by atoms with E-state index < -0.39 is 11.9 Å². The van der Waals surface area contributed by atoms with Crippen molar-refractivity contribution in [3.8, 4) is 0 Å². The molecule has 0 saturated carbocycles. The molecule has 2 aromatic carbocycles. The van der Waals surface area contributed by atoms with E-state index in [-0.39, 0.29) is 13.2 Å². The van der Waals surface area contributed by atoms with Crippen molar-refractivity contribution >= 4 is 40.2 Å². The Balaban J connectivity index is 1.53. The molecule has 0 radical (unpaired) electrons. The highest BCUT2D eigenvalue weighted by Gasteiger charge is 2.11. The molecule has 0 atom stereocenters. The van der Waals surface area contributed by atoms with Crippen LogP contribution in [0.3, 0.4) is 0 Å². The Morgan fingerprint density at radius 3 is 2.84 bits per heavy atom. The molecule has 3 rings (SSSR count). The number of anilines is 1. The van der Waals surface area contributed by atoms with Gasteiger partial charge in [0.15, 0.2) is 6.61 Å². The summed E-state index contributed by atoms with van der Waals surface area (Å²) in [5, 5.41) is 3.19. The van der Waals surface area contributed by atoms with Crippen LogP contribution in [0.2, 0.25) is 5.02 Å². The summed E-state index contributed by atoms with van der Waals surface area (Å²) in [6, 6.07) is 12.6. The minimum atomic E-state index is -0.514. The number of nitrogens with zero attached hydrogens (tertiary/aromatic N) is 2. The Bertz CT molecular complexity index is 936. The van der Waals surface area contributed by atoms with Crippen LogP contribution in [0.5, 0.6) is 0 Å². The van der Waals surface area contributed by atoms with Gasteiger partial charge in [0.25, 0.3) is 5.91 Å². The number of rotatable bonds is 5. The maximum absolute atomic E-state index is 11.9. The van der Waals surface area contributed by atoms with Crippen molar-refractivity contribution in [3.05, 3.63) is 59.4 Å². The number of nitrogens with one attached hydrogen (secondary N) is 1. The van der Waals surface area contributed by atoms with Crippen molar-refractivity contribution < 1.29 is 14.3 Å². The van der Waals surface area contributed by atoms with Crippen molar-refractivity contribution in [1.29, 1.82) is 0 Å². The number of halogens is 1. The molecule has 128 valence electrons. The first kappa shape index (κ1) is 17.0. The molecule has 0 spiro atoms. The van der Waals surface area contributed by atoms with Crippen LogP contribution in [0.15, 0.2) is 48.8 Å². The number of hydrogen-bond donors (Lipinski definition) is 1. The zero-order chi connectivity index (χ0) is 17.8. The van der Waals surface area contributed by atoms with E-state index in [1.165, 1.54) is 0 Å². The van der Waals surface area contributed by atoms with E-state index >= 15 is 0 Å². The van der Waals surface area contributed by atoms with Crippen LogP contribution >= 0.6 is 11.6 Å². The number of carbonyl (C=O) groups excluding carboxylic acids is 2. The molecule has 1 amide bonds. The van der Waals surface area contributed by atoms with Crippen LogP contribution in [-0.4, -0.2) is 28.0 Å². The fourth-order valence-electron chi connectivity index (χ4n) is 2.33. The van der Waals surface area contributed by atoms with Crippen molar-refractivity contribution in [2.45, 2.75) is 13.5 Å². The van der Waals surface area contributed by atoms with Crippen LogP contribution in [0.4, 0.5) is 5.69 Å².